The molecule has 10 heteroatoms. The third-order valence-electron chi connectivity index (χ3n) is 4.04. The van der Waals surface area contributed by atoms with Gasteiger partial charge in [-0.3, -0.25) is 14.5 Å². The highest BCUT2D eigenvalue weighted by Gasteiger charge is 2.18. The van der Waals surface area contributed by atoms with E-state index in [0.717, 1.165) is 25.1 Å². The van der Waals surface area contributed by atoms with Crippen molar-refractivity contribution in [3.8, 4) is 11.5 Å². The summed E-state index contributed by atoms with van der Waals surface area (Å²) in [6.45, 7) is 8.15. The third kappa shape index (κ3) is 7.63. The van der Waals surface area contributed by atoms with Crippen LogP contribution in [0.25, 0.3) is 10.9 Å². The Morgan fingerprint density at radius 2 is 1.83 bits per heavy atom. The van der Waals surface area contributed by atoms with Crippen LogP contribution in [0.15, 0.2) is 23.0 Å². The minimum absolute atomic E-state index is 0. The lowest BCUT2D eigenvalue weighted by Crippen LogP contribution is -2.33. The molecule has 0 atom stereocenters. The molecule has 0 bridgehead atoms. The molecular formula is C19H28ClN3O6. The van der Waals surface area contributed by atoms with Crippen LogP contribution < -0.4 is 16.0 Å². The molecule has 1 heterocycles. The molecule has 1 aromatic heterocycles. The fourth-order valence-corrected chi connectivity index (χ4v) is 2.71. The van der Waals surface area contributed by atoms with Crippen molar-refractivity contribution in [3.05, 3.63) is 34.1 Å². The number of nitrogens with two attached hydrogens (primary N) is 1. The zero-order chi connectivity index (χ0) is 21.3. The molecule has 0 aliphatic rings. The Labute approximate surface area is 174 Å². The number of aromatic amines is 1. The van der Waals surface area contributed by atoms with Gasteiger partial charge in [-0.15, -0.1) is 12.4 Å². The van der Waals surface area contributed by atoms with Gasteiger partial charge in [-0.25, -0.2) is 4.79 Å². The molecule has 2 aromatic rings. The van der Waals surface area contributed by atoms with Crippen molar-refractivity contribution in [3.63, 3.8) is 0 Å². The number of nitrogens with zero attached hydrogens (tertiary/aromatic N) is 1. The Morgan fingerprint density at radius 1 is 1.21 bits per heavy atom. The van der Waals surface area contributed by atoms with E-state index in [0.29, 0.717) is 23.9 Å². The van der Waals surface area contributed by atoms with E-state index in [9.17, 15) is 19.5 Å². The van der Waals surface area contributed by atoms with Gasteiger partial charge in [-0.05, 0) is 31.1 Å². The maximum atomic E-state index is 11.7. The smallest absolute Gasteiger partial charge is 0.504 e. The standard InChI is InChI=1S/C13H13NO5.C6H14N2O.ClH/c1-2-4-7-5-3-6-8-9(7)10(15)11(12(16)14-8)19-13(17)18;1-3-8(4-2)5-6(7)9;/h3,5-6H,2,4H2,1H3,(H,17,18)(H2,14,15,16);3-5H2,1-2H3,(H2,7,9);1H. The van der Waals surface area contributed by atoms with Gasteiger partial charge in [0.05, 0.1) is 12.1 Å². The fraction of sp³-hybridized carbons (Fsp3) is 0.421. The first-order valence-corrected chi connectivity index (χ1v) is 9.03. The summed E-state index contributed by atoms with van der Waals surface area (Å²) >= 11 is 0. The Bertz CT molecular complexity index is 880. The normalized spacial score (nSPS) is 10.1. The number of carbonyl (C=O) groups is 2. The van der Waals surface area contributed by atoms with Crippen LogP contribution in [0.1, 0.15) is 32.8 Å². The molecule has 5 N–H and O–H groups in total. The first-order chi connectivity index (χ1) is 13.2. The van der Waals surface area contributed by atoms with Crippen molar-refractivity contribution in [2.45, 2.75) is 33.6 Å². The summed E-state index contributed by atoms with van der Waals surface area (Å²) < 4.78 is 4.34. The maximum absolute atomic E-state index is 11.7. The van der Waals surface area contributed by atoms with Crippen LogP contribution in [0.3, 0.4) is 0 Å². The van der Waals surface area contributed by atoms with Crippen molar-refractivity contribution in [2.75, 3.05) is 19.6 Å². The molecule has 29 heavy (non-hydrogen) atoms. The van der Waals surface area contributed by atoms with E-state index in [1.165, 1.54) is 0 Å². The van der Waals surface area contributed by atoms with Crippen LogP contribution in [0.4, 0.5) is 4.79 Å². The Morgan fingerprint density at radius 3 is 2.28 bits per heavy atom. The molecule has 0 saturated heterocycles. The van der Waals surface area contributed by atoms with Gasteiger partial charge in [0.25, 0.3) is 5.56 Å². The van der Waals surface area contributed by atoms with Crippen LogP contribution in [0.2, 0.25) is 0 Å². The van der Waals surface area contributed by atoms with Gasteiger partial charge in [0.15, 0.2) is 5.75 Å². The Balaban J connectivity index is 0.000000672. The van der Waals surface area contributed by atoms with Crippen molar-refractivity contribution in [1.29, 1.82) is 0 Å². The zero-order valence-corrected chi connectivity index (χ0v) is 17.5. The first kappa shape index (κ1) is 26.2. The predicted octanol–water partition coefficient (Wildman–Crippen LogP) is 2.48. The minimum Gasteiger partial charge on any atom is -0.504 e. The highest BCUT2D eigenvalue weighted by atomic mass is 35.5. The molecule has 0 unspecified atom stereocenters. The number of pyridine rings is 1. The van der Waals surface area contributed by atoms with E-state index in [1.807, 2.05) is 31.7 Å². The number of carboxylic acid groups (broad SMARTS) is 1. The number of hydrogen-bond donors (Lipinski definition) is 4. The molecule has 0 saturated carbocycles. The summed E-state index contributed by atoms with van der Waals surface area (Å²) in [6.07, 6.45) is -0.0934. The van der Waals surface area contributed by atoms with Crippen LogP contribution in [0, 0.1) is 0 Å². The number of aromatic hydroxyl groups is 1. The molecule has 1 amide bonds. The number of primary amides is 1. The third-order valence-corrected chi connectivity index (χ3v) is 4.04. The number of halogens is 1. The monoisotopic (exact) mass is 429 g/mol. The number of benzene rings is 1. The van der Waals surface area contributed by atoms with Crippen molar-refractivity contribution in [1.82, 2.24) is 9.88 Å². The lowest BCUT2D eigenvalue weighted by Gasteiger charge is -2.14. The van der Waals surface area contributed by atoms with Gasteiger partial charge in [0, 0.05) is 5.39 Å². The van der Waals surface area contributed by atoms with E-state index in [1.54, 1.807) is 12.1 Å². The average Bonchev–Trinajstić information content (AvgIpc) is 2.63. The highest BCUT2D eigenvalue weighted by molar-refractivity contribution is 5.90. The number of aromatic nitrogens is 1. The molecule has 0 aliphatic carbocycles. The van der Waals surface area contributed by atoms with Crippen LogP contribution >= 0.6 is 12.4 Å². The van der Waals surface area contributed by atoms with E-state index >= 15 is 0 Å². The summed E-state index contributed by atoms with van der Waals surface area (Å²) in [5, 5.41) is 19.1. The second-order valence-electron chi connectivity index (χ2n) is 6.02. The second kappa shape index (κ2) is 12.6. The van der Waals surface area contributed by atoms with E-state index in [4.69, 9.17) is 10.8 Å². The van der Waals surface area contributed by atoms with Crippen LogP contribution in [-0.4, -0.2) is 51.8 Å². The lowest BCUT2D eigenvalue weighted by molar-refractivity contribution is -0.119. The molecule has 162 valence electrons. The number of aryl methyl sites for hydroxylation is 1. The maximum Gasteiger partial charge on any atom is 0.511 e. The van der Waals surface area contributed by atoms with E-state index in [2.05, 4.69) is 9.72 Å². The summed E-state index contributed by atoms with van der Waals surface area (Å²) in [6, 6.07) is 5.22. The summed E-state index contributed by atoms with van der Waals surface area (Å²) in [5.41, 5.74) is 5.46. The topological polar surface area (TPSA) is 146 Å². The molecule has 9 nitrogen and oxygen atoms in total. The number of likely N-dealkylation sites (N-methyl/N-ethyl adjacent to an activating group) is 1. The molecule has 0 spiro atoms. The Kier molecular flexibility index (Phi) is 11.4. The van der Waals surface area contributed by atoms with E-state index in [-0.39, 0.29) is 18.3 Å². The van der Waals surface area contributed by atoms with Crippen molar-refractivity contribution >= 4 is 35.4 Å². The van der Waals surface area contributed by atoms with Gasteiger partial charge in [0.1, 0.15) is 0 Å². The van der Waals surface area contributed by atoms with Gasteiger partial charge in [-0.1, -0.05) is 39.3 Å². The van der Waals surface area contributed by atoms with Crippen LogP contribution in [0.5, 0.6) is 11.5 Å². The van der Waals surface area contributed by atoms with Crippen molar-refractivity contribution < 1.29 is 24.5 Å². The van der Waals surface area contributed by atoms with Gasteiger partial charge in [0.2, 0.25) is 11.7 Å². The number of amides is 1. The molecular weight excluding hydrogens is 402 g/mol. The molecule has 0 radical (unpaired) electrons. The summed E-state index contributed by atoms with van der Waals surface area (Å²) in [7, 11) is 0. The number of rotatable bonds is 7. The minimum atomic E-state index is -1.65. The van der Waals surface area contributed by atoms with Crippen molar-refractivity contribution in [2.24, 2.45) is 5.73 Å². The highest BCUT2D eigenvalue weighted by Crippen LogP contribution is 2.33. The number of hydrogen-bond acceptors (Lipinski definition) is 6. The summed E-state index contributed by atoms with van der Waals surface area (Å²) in [5.74, 6) is -1.28. The lowest BCUT2D eigenvalue weighted by atomic mass is 10.0. The second-order valence-corrected chi connectivity index (χ2v) is 6.02. The number of fused-ring (bicyclic) bond motifs is 1. The van der Waals surface area contributed by atoms with E-state index < -0.39 is 23.2 Å². The van der Waals surface area contributed by atoms with Gasteiger partial charge < -0.3 is 25.7 Å². The fourth-order valence-electron chi connectivity index (χ4n) is 2.71. The summed E-state index contributed by atoms with van der Waals surface area (Å²) in [4.78, 5) is 37.0. The Hall–Kier alpha value is -2.78. The largest absolute Gasteiger partial charge is 0.511 e. The molecule has 0 aliphatic heterocycles. The predicted molar refractivity (Wildman–Crippen MR) is 113 cm³/mol. The number of H-pyrrole nitrogens is 1. The first-order valence-electron chi connectivity index (χ1n) is 9.03. The quantitative estimate of drug-likeness (QED) is 0.494. The molecule has 0 fully saturated rings. The van der Waals surface area contributed by atoms with Crippen LogP contribution in [-0.2, 0) is 11.2 Å². The SMILES string of the molecule is CCCc1cccc2[nH]c(=O)c(OC(=O)O)c(O)c12.CCN(CC)CC(N)=O.Cl. The number of ether oxygens (including phenoxy) is 1. The van der Waals surface area contributed by atoms with Gasteiger partial charge in [-0.2, -0.15) is 0 Å². The number of nitrogens with one attached hydrogen (secondary N) is 1. The average molecular weight is 430 g/mol. The molecule has 1 aromatic carbocycles. The zero-order valence-electron chi connectivity index (χ0n) is 16.7. The van der Waals surface area contributed by atoms with Gasteiger partial charge >= 0.3 is 6.16 Å². The number of carbonyl (C=O) groups excluding carboxylic acids is 1. The molecule has 2 rings (SSSR count).